The first kappa shape index (κ1) is 26.3. The number of ether oxygens (including phenoxy) is 3. The van der Waals surface area contributed by atoms with E-state index in [0.717, 1.165) is 37.5 Å². The van der Waals surface area contributed by atoms with Crippen molar-refractivity contribution in [2.75, 3.05) is 31.9 Å². The fraction of sp³-hybridized carbons (Fsp3) is 0.407. The van der Waals surface area contributed by atoms with Gasteiger partial charge in [-0.1, -0.05) is 12.1 Å². The van der Waals surface area contributed by atoms with Crippen molar-refractivity contribution in [3.05, 3.63) is 65.7 Å². The number of fused-ring (bicyclic) bond motifs is 2. The lowest BCUT2D eigenvalue weighted by Crippen LogP contribution is -2.58. The summed E-state index contributed by atoms with van der Waals surface area (Å²) < 4.78 is 55.5. The third-order valence-corrected chi connectivity index (χ3v) is 8.20. The summed E-state index contributed by atoms with van der Waals surface area (Å²) >= 11 is 0. The number of hydrogen-bond acceptors (Lipinski definition) is 9. The maximum atomic E-state index is 14.6. The fourth-order valence-corrected chi connectivity index (χ4v) is 5.66. The van der Waals surface area contributed by atoms with Gasteiger partial charge in [-0.2, -0.15) is 0 Å². The van der Waals surface area contributed by atoms with Crippen molar-refractivity contribution in [2.24, 2.45) is 0 Å². The summed E-state index contributed by atoms with van der Waals surface area (Å²) in [7, 11) is -1.85. The summed E-state index contributed by atoms with van der Waals surface area (Å²) in [5.41, 5.74) is 1.98. The number of nitrogens with one attached hydrogen (secondary N) is 1. The van der Waals surface area contributed by atoms with Crippen molar-refractivity contribution in [2.45, 2.75) is 49.4 Å². The third kappa shape index (κ3) is 5.74. The van der Waals surface area contributed by atoms with Crippen LogP contribution in [0.4, 0.5) is 15.9 Å². The number of halogens is 1. The zero-order valence-corrected chi connectivity index (χ0v) is 22.4. The summed E-state index contributed by atoms with van der Waals surface area (Å²) in [6, 6.07) is 12.3. The van der Waals surface area contributed by atoms with E-state index in [2.05, 4.69) is 32.3 Å². The van der Waals surface area contributed by atoms with E-state index in [0.29, 0.717) is 30.5 Å². The zero-order valence-electron chi connectivity index (χ0n) is 21.6. The van der Waals surface area contributed by atoms with E-state index in [1.165, 1.54) is 24.0 Å². The number of rotatable bonds is 8. The number of sulfone groups is 1. The van der Waals surface area contributed by atoms with Crippen molar-refractivity contribution >= 4 is 21.3 Å². The van der Waals surface area contributed by atoms with Gasteiger partial charge in [-0.25, -0.2) is 22.8 Å². The molecular formula is C27H31FN4O5S. The molecule has 2 aromatic carbocycles. The molecule has 1 N–H and O–H groups in total. The molecule has 2 aliphatic rings. The molecule has 3 heterocycles. The molecular weight excluding hydrogens is 511 g/mol. The summed E-state index contributed by atoms with van der Waals surface area (Å²) in [5, 5.41) is 2.94. The average Bonchev–Trinajstić information content (AvgIpc) is 2.87. The monoisotopic (exact) mass is 542 g/mol. The molecule has 1 unspecified atom stereocenters. The van der Waals surface area contributed by atoms with Crippen molar-refractivity contribution in [3.63, 3.8) is 0 Å². The lowest BCUT2D eigenvalue weighted by atomic mass is 9.91. The summed E-state index contributed by atoms with van der Waals surface area (Å²) in [6.45, 7) is 3.93. The van der Waals surface area contributed by atoms with Crippen LogP contribution in [0.5, 0.6) is 11.6 Å². The molecule has 2 fully saturated rings. The van der Waals surface area contributed by atoms with Gasteiger partial charge >= 0.3 is 0 Å². The molecule has 5 rings (SSSR count). The summed E-state index contributed by atoms with van der Waals surface area (Å²) in [5.74, 6) is 0.974. The molecule has 0 radical (unpaired) electrons. The number of benzene rings is 2. The van der Waals surface area contributed by atoms with Gasteiger partial charge in [0.2, 0.25) is 5.88 Å². The smallest absolute Gasteiger partial charge is 0.221 e. The maximum absolute atomic E-state index is 14.6. The molecule has 1 aromatic heterocycles. The Bertz CT molecular complexity index is 1390. The average molecular weight is 543 g/mol. The predicted octanol–water partition coefficient (Wildman–Crippen LogP) is 3.89. The van der Waals surface area contributed by atoms with Gasteiger partial charge in [0.05, 0.1) is 36.5 Å². The number of methoxy groups -OCH3 is 1. The van der Waals surface area contributed by atoms with Gasteiger partial charge in [-0.3, -0.25) is 4.90 Å². The number of piperidine rings is 1. The molecule has 0 saturated carbocycles. The number of nitrogens with zero attached hydrogens (tertiary/aromatic N) is 3. The van der Waals surface area contributed by atoms with E-state index in [-0.39, 0.29) is 28.8 Å². The van der Waals surface area contributed by atoms with E-state index in [4.69, 9.17) is 14.2 Å². The van der Waals surface area contributed by atoms with Crippen molar-refractivity contribution in [3.8, 4) is 11.6 Å². The molecule has 9 nitrogen and oxygen atoms in total. The Kier molecular flexibility index (Phi) is 7.51. The van der Waals surface area contributed by atoms with E-state index in [9.17, 15) is 12.8 Å². The molecule has 0 spiro atoms. The van der Waals surface area contributed by atoms with Crippen molar-refractivity contribution in [1.29, 1.82) is 0 Å². The Labute approximate surface area is 221 Å². The minimum atomic E-state index is -3.51. The predicted molar refractivity (Wildman–Crippen MR) is 140 cm³/mol. The highest BCUT2D eigenvalue weighted by atomic mass is 32.2. The second-order valence-electron chi connectivity index (χ2n) is 9.77. The highest BCUT2D eigenvalue weighted by Crippen LogP contribution is 2.33. The first-order valence-electron chi connectivity index (χ1n) is 12.4. The standard InChI is InChI=1S/C27H31FN4O5S/c1-17-26(31-25-9-8-23(12-24(25)28)38(3,33)34)29-16-30-27(17)37-22-10-19-14-36-15-20(11-22)32(19)13-18-4-6-21(35-2)7-5-18/h4-9,12,16,19-20,22H,10-11,13-15H2,1-3H3,(H,29,30,31)/t19-,20?,22+/m1/s1. The van der Waals surface area contributed by atoms with Gasteiger partial charge in [-0.15, -0.1) is 0 Å². The highest BCUT2D eigenvalue weighted by Gasteiger charge is 2.40. The lowest BCUT2D eigenvalue weighted by molar-refractivity contribution is -0.104. The Morgan fingerprint density at radius 1 is 1.11 bits per heavy atom. The number of aromatic nitrogens is 2. The molecule has 3 atom stereocenters. The Morgan fingerprint density at radius 3 is 2.45 bits per heavy atom. The molecule has 2 saturated heterocycles. The molecule has 3 aromatic rings. The first-order chi connectivity index (χ1) is 18.2. The molecule has 0 aliphatic carbocycles. The Hall–Kier alpha value is -3.28. The van der Waals surface area contributed by atoms with Gasteiger partial charge in [0.25, 0.3) is 0 Å². The molecule has 38 heavy (non-hydrogen) atoms. The minimum absolute atomic E-state index is 0.0479. The molecule has 0 amide bonds. The molecule has 11 heteroatoms. The quantitative estimate of drug-likeness (QED) is 0.454. The minimum Gasteiger partial charge on any atom is -0.497 e. The van der Waals surface area contributed by atoms with E-state index in [1.54, 1.807) is 7.11 Å². The van der Waals surface area contributed by atoms with Crippen LogP contribution < -0.4 is 14.8 Å². The van der Waals surface area contributed by atoms with Crippen LogP contribution in [0.2, 0.25) is 0 Å². The lowest BCUT2D eigenvalue weighted by Gasteiger charge is -2.48. The van der Waals surface area contributed by atoms with E-state index in [1.807, 2.05) is 19.1 Å². The fourth-order valence-electron chi connectivity index (χ4n) is 5.03. The van der Waals surface area contributed by atoms with Gasteiger partial charge < -0.3 is 19.5 Å². The van der Waals surface area contributed by atoms with Crippen LogP contribution in [-0.4, -0.2) is 68.1 Å². The summed E-state index contributed by atoms with van der Waals surface area (Å²) in [6.07, 6.45) is 3.95. The van der Waals surface area contributed by atoms with E-state index >= 15 is 0 Å². The summed E-state index contributed by atoms with van der Waals surface area (Å²) in [4.78, 5) is 11.0. The van der Waals surface area contributed by atoms with Gasteiger partial charge in [0.15, 0.2) is 9.84 Å². The normalized spacial score (nSPS) is 21.6. The van der Waals surface area contributed by atoms with Crippen LogP contribution in [0, 0.1) is 12.7 Å². The Morgan fingerprint density at radius 2 is 1.82 bits per heavy atom. The number of anilines is 2. The van der Waals surface area contributed by atoms with Crippen molar-refractivity contribution < 1.29 is 27.0 Å². The SMILES string of the molecule is COc1ccc(CN2C3COC[C@H]2C[C@H](Oc2ncnc(Nc4ccc(S(C)(=O)=O)cc4F)c2C)C3)cc1. The van der Waals surface area contributed by atoms with Crippen LogP contribution in [0.25, 0.3) is 0 Å². The van der Waals surface area contributed by atoms with Crippen LogP contribution in [-0.2, 0) is 21.1 Å². The molecule has 2 aliphatic heterocycles. The largest absolute Gasteiger partial charge is 0.497 e. The van der Waals surface area contributed by atoms with E-state index < -0.39 is 15.7 Å². The maximum Gasteiger partial charge on any atom is 0.221 e. The van der Waals surface area contributed by atoms with Crippen LogP contribution in [0.15, 0.2) is 53.7 Å². The number of morpholine rings is 1. The Balaban J connectivity index is 1.27. The number of hydrogen-bond donors (Lipinski definition) is 1. The molecule has 202 valence electrons. The van der Waals surface area contributed by atoms with Gasteiger partial charge in [0.1, 0.15) is 29.8 Å². The van der Waals surface area contributed by atoms with Gasteiger partial charge in [-0.05, 0) is 42.8 Å². The van der Waals surface area contributed by atoms with Crippen LogP contribution >= 0.6 is 0 Å². The zero-order chi connectivity index (χ0) is 26.9. The third-order valence-electron chi connectivity index (χ3n) is 7.09. The second kappa shape index (κ2) is 10.8. The van der Waals surface area contributed by atoms with Crippen LogP contribution in [0.1, 0.15) is 24.0 Å². The second-order valence-corrected chi connectivity index (χ2v) is 11.8. The molecule has 2 bridgehead atoms. The highest BCUT2D eigenvalue weighted by molar-refractivity contribution is 7.90. The van der Waals surface area contributed by atoms with Crippen LogP contribution in [0.3, 0.4) is 0 Å². The van der Waals surface area contributed by atoms with Crippen molar-refractivity contribution in [1.82, 2.24) is 14.9 Å². The topological polar surface area (TPSA) is 103 Å². The first-order valence-corrected chi connectivity index (χ1v) is 14.3. The van der Waals surface area contributed by atoms with Gasteiger partial charge in [0, 0.05) is 37.7 Å².